The molecule has 0 saturated carbocycles. The summed E-state index contributed by atoms with van der Waals surface area (Å²) in [6.07, 6.45) is 4.88. The molecule has 2 fully saturated rings. The molecule has 2 N–H and O–H groups in total. The molecule has 3 rings (SSSR count). The van der Waals surface area contributed by atoms with E-state index < -0.39 is 0 Å². The van der Waals surface area contributed by atoms with Gasteiger partial charge in [-0.2, -0.15) is 0 Å². The van der Waals surface area contributed by atoms with Gasteiger partial charge in [0, 0.05) is 23.8 Å². The quantitative estimate of drug-likeness (QED) is 0.890. The number of benzene rings is 1. The second kappa shape index (κ2) is 4.81. The van der Waals surface area contributed by atoms with Crippen LogP contribution in [-0.4, -0.2) is 24.7 Å². The first-order valence-corrected chi connectivity index (χ1v) is 7.04. The Balaban J connectivity index is 1.78. The molecule has 2 bridgehead atoms. The van der Waals surface area contributed by atoms with Gasteiger partial charge in [0.2, 0.25) is 0 Å². The zero-order valence-electron chi connectivity index (χ0n) is 11.0. The monoisotopic (exact) mass is 246 g/mol. The van der Waals surface area contributed by atoms with Crippen LogP contribution < -0.4 is 15.4 Å². The van der Waals surface area contributed by atoms with E-state index in [0.29, 0.717) is 18.1 Å². The number of anilines is 1. The summed E-state index contributed by atoms with van der Waals surface area (Å²) < 4.78 is 5.50. The fourth-order valence-corrected chi connectivity index (χ4v) is 3.52. The molecule has 0 aromatic heterocycles. The lowest BCUT2D eigenvalue weighted by molar-refractivity contribution is 0.340. The lowest BCUT2D eigenvalue weighted by Crippen LogP contribution is -2.47. The van der Waals surface area contributed by atoms with Gasteiger partial charge >= 0.3 is 0 Å². The van der Waals surface area contributed by atoms with Gasteiger partial charge in [0.1, 0.15) is 5.75 Å². The van der Waals surface area contributed by atoms with E-state index in [-0.39, 0.29) is 0 Å². The molecule has 2 unspecified atom stereocenters. The summed E-state index contributed by atoms with van der Waals surface area (Å²) in [7, 11) is 0. The van der Waals surface area contributed by atoms with Crippen molar-refractivity contribution in [3.63, 3.8) is 0 Å². The maximum absolute atomic E-state index is 6.11. The van der Waals surface area contributed by atoms with Gasteiger partial charge < -0.3 is 15.4 Å². The fraction of sp³-hybridized carbons (Fsp3) is 0.600. The molecule has 2 aliphatic rings. The fourth-order valence-electron chi connectivity index (χ4n) is 3.52. The van der Waals surface area contributed by atoms with Crippen molar-refractivity contribution in [2.75, 3.05) is 11.5 Å². The highest BCUT2D eigenvalue weighted by molar-refractivity contribution is 5.52. The molecule has 3 heteroatoms. The van der Waals surface area contributed by atoms with E-state index >= 15 is 0 Å². The standard InChI is InChI=1S/C15H22N2O/c1-2-18-15-7-5-12(6-8-15)17-13-3-4-14(17)10-11(16)9-13/h5-8,11,13-14H,2-4,9-10,16H2,1H3. The molecule has 1 aromatic carbocycles. The van der Waals surface area contributed by atoms with Crippen molar-refractivity contribution in [2.45, 2.75) is 50.7 Å². The summed E-state index contributed by atoms with van der Waals surface area (Å²) in [4.78, 5) is 2.58. The number of hydrogen-bond donors (Lipinski definition) is 1. The second-order valence-electron chi connectivity index (χ2n) is 5.45. The third-order valence-corrected chi connectivity index (χ3v) is 4.22. The first kappa shape index (κ1) is 11.8. The SMILES string of the molecule is CCOc1ccc(N2C3CCC2CC(N)C3)cc1. The lowest BCUT2D eigenvalue weighted by atomic mass is 9.97. The van der Waals surface area contributed by atoms with E-state index in [9.17, 15) is 0 Å². The molecule has 2 heterocycles. The van der Waals surface area contributed by atoms with Crippen molar-refractivity contribution in [2.24, 2.45) is 5.73 Å². The normalized spacial score (nSPS) is 30.6. The highest BCUT2D eigenvalue weighted by Crippen LogP contribution is 2.39. The third kappa shape index (κ3) is 2.07. The first-order chi connectivity index (χ1) is 8.78. The zero-order chi connectivity index (χ0) is 12.5. The number of fused-ring (bicyclic) bond motifs is 2. The zero-order valence-corrected chi connectivity index (χ0v) is 11.0. The van der Waals surface area contributed by atoms with Gasteiger partial charge in [-0.05, 0) is 56.9 Å². The maximum atomic E-state index is 6.11. The topological polar surface area (TPSA) is 38.5 Å². The van der Waals surface area contributed by atoms with E-state index in [0.717, 1.165) is 25.2 Å². The first-order valence-electron chi connectivity index (χ1n) is 7.04. The van der Waals surface area contributed by atoms with E-state index in [1.165, 1.54) is 18.5 Å². The number of piperidine rings is 1. The minimum atomic E-state index is 0.404. The predicted molar refractivity (Wildman–Crippen MR) is 74.1 cm³/mol. The number of ether oxygens (including phenoxy) is 1. The number of nitrogens with two attached hydrogens (primary N) is 1. The molecule has 2 saturated heterocycles. The molecular formula is C15H22N2O. The van der Waals surface area contributed by atoms with Crippen molar-refractivity contribution in [3.8, 4) is 5.75 Å². The maximum Gasteiger partial charge on any atom is 0.119 e. The molecular weight excluding hydrogens is 224 g/mol. The van der Waals surface area contributed by atoms with Gasteiger partial charge in [-0.15, -0.1) is 0 Å². The van der Waals surface area contributed by atoms with Crippen molar-refractivity contribution in [1.29, 1.82) is 0 Å². The molecule has 0 spiro atoms. The molecule has 98 valence electrons. The van der Waals surface area contributed by atoms with Gasteiger partial charge in [0.05, 0.1) is 6.61 Å². The summed E-state index contributed by atoms with van der Waals surface area (Å²) in [5.74, 6) is 0.960. The van der Waals surface area contributed by atoms with Crippen LogP contribution >= 0.6 is 0 Å². The number of nitrogens with zero attached hydrogens (tertiary/aromatic N) is 1. The summed E-state index contributed by atoms with van der Waals surface area (Å²) in [5.41, 5.74) is 7.44. The van der Waals surface area contributed by atoms with Crippen LogP contribution in [0.2, 0.25) is 0 Å². The van der Waals surface area contributed by atoms with E-state index in [2.05, 4.69) is 29.2 Å². The van der Waals surface area contributed by atoms with Gasteiger partial charge in [0.15, 0.2) is 0 Å². The summed E-state index contributed by atoms with van der Waals surface area (Å²) >= 11 is 0. The predicted octanol–water partition coefficient (Wildman–Crippen LogP) is 2.54. The molecule has 1 aromatic rings. The Morgan fingerprint density at radius 1 is 1.17 bits per heavy atom. The minimum absolute atomic E-state index is 0.404. The highest BCUT2D eigenvalue weighted by Gasteiger charge is 2.39. The number of hydrogen-bond acceptors (Lipinski definition) is 3. The third-order valence-electron chi connectivity index (χ3n) is 4.22. The Morgan fingerprint density at radius 3 is 2.33 bits per heavy atom. The largest absolute Gasteiger partial charge is 0.494 e. The minimum Gasteiger partial charge on any atom is -0.494 e. The average Bonchev–Trinajstić information content (AvgIpc) is 2.64. The summed E-state index contributed by atoms with van der Waals surface area (Å²) in [6.45, 7) is 2.74. The summed E-state index contributed by atoms with van der Waals surface area (Å²) in [6, 6.07) is 10.2. The summed E-state index contributed by atoms with van der Waals surface area (Å²) in [5, 5.41) is 0. The van der Waals surface area contributed by atoms with Crippen molar-refractivity contribution in [3.05, 3.63) is 24.3 Å². The lowest BCUT2D eigenvalue weighted by Gasteiger charge is -2.39. The van der Waals surface area contributed by atoms with Crippen LogP contribution in [0.4, 0.5) is 5.69 Å². The number of rotatable bonds is 3. The Hall–Kier alpha value is -1.22. The molecule has 2 aliphatic heterocycles. The Labute approximate surface area is 109 Å². The van der Waals surface area contributed by atoms with Crippen LogP contribution in [0.25, 0.3) is 0 Å². The van der Waals surface area contributed by atoms with Crippen LogP contribution in [0.1, 0.15) is 32.6 Å². The van der Waals surface area contributed by atoms with Gasteiger partial charge in [-0.25, -0.2) is 0 Å². The second-order valence-corrected chi connectivity index (χ2v) is 5.45. The molecule has 0 aliphatic carbocycles. The Morgan fingerprint density at radius 2 is 1.78 bits per heavy atom. The van der Waals surface area contributed by atoms with Crippen LogP contribution in [0.5, 0.6) is 5.75 Å². The molecule has 0 amide bonds. The smallest absolute Gasteiger partial charge is 0.119 e. The van der Waals surface area contributed by atoms with E-state index in [4.69, 9.17) is 10.5 Å². The molecule has 0 radical (unpaired) electrons. The van der Waals surface area contributed by atoms with Crippen LogP contribution in [-0.2, 0) is 0 Å². The van der Waals surface area contributed by atoms with Gasteiger partial charge in [0.25, 0.3) is 0 Å². The van der Waals surface area contributed by atoms with Crippen molar-refractivity contribution < 1.29 is 4.74 Å². The van der Waals surface area contributed by atoms with Crippen LogP contribution in [0.15, 0.2) is 24.3 Å². The van der Waals surface area contributed by atoms with Gasteiger partial charge in [-0.1, -0.05) is 0 Å². The molecule has 2 atom stereocenters. The average molecular weight is 246 g/mol. The van der Waals surface area contributed by atoms with E-state index in [1.807, 2.05) is 6.92 Å². The van der Waals surface area contributed by atoms with Crippen LogP contribution in [0.3, 0.4) is 0 Å². The van der Waals surface area contributed by atoms with Crippen LogP contribution in [0, 0.1) is 0 Å². The van der Waals surface area contributed by atoms with E-state index in [1.54, 1.807) is 0 Å². The highest BCUT2D eigenvalue weighted by atomic mass is 16.5. The van der Waals surface area contributed by atoms with Gasteiger partial charge in [-0.3, -0.25) is 0 Å². The molecule has 18 heavy (non-hydrogen) atoms. The Bertz CT molecular complexity index is 389. The van der Waals surface area contributed by atoms with Crippen molar-refractivity contribution in [1.82, 2.24) is 0 Å². The Kier molecular flexibility index (Phi) is 3.16. The van der Waals surface area contributed by atoms with Crippen molar-refractivity contribution >= 4 is 5.69 Å². The molecule has 3 nitrogen and oxygen atoms in total.